The van der Waals surface area contributed by atoms with Crippen LogP contribution in [0.4, 0.5) is 4.79 Å². The number of ether oxygens (including phenoxy) is 1. The highest BCUT2D eigenvalue weighted by Gasteiger charge is 2.66. The number of carbonyl (C=O) groups is 2. The van der Waals surface area contributed by atoms with Crippen LogP contribution in [0.15, 0.2) is 42.5 Å². The summed E-state index contributed by atoms with van der Waals surface area (Å²) in [5, 5.41) is 16.2. The molecule has 3 N–H and O–H groups in total. The van der Waals surface area contributed by atoms with E-state index in [0.717, 1.165) is 11.1 Å². The van der Waals surface area contributed by atoms with Gasteiger partial charge in [0.1, 0.15) is 5.75 Å². The Labute approximate surface area is 138 Å². The summed E-state index contributed by atoms with van der Waals surface area (Å²) in [6.07, 6.45) is 0. The van der Waals surface area contributed by atoms with Crippen LogP contribution in [-0.4, -0.2) is 29.7 Å². The van der Waals surface area contributed by atoms with Gasteiger partial charge in [0.25, 0.3) is 5.91 Å². The molecule has 2 atom stereocenters. The van der Waals surface area contributed by atoms with E-state index in [4.69, 9.17) is 4.74 Å². The number of methoxy groups -OCH3 is 1. The topological polar surface area (TPSA) is 87.7 Å². The van der Waals surface area contributed by atoms with Crippen molar-refractivity contribution < 1.29 is 19.4 Å². The molecule has 2 aliphatic rings. The maximum absolute atomic E-state index is 12.4. The van der Waals surface area contributed by atoms with Crippen molar-refractivity contribution in [2.24, 2.45) is 0 Å². The lowest BCUT2D eigenvalue weighted by Gasteiger charge is -2.49. The summed E-state index contributed by atoms with van der Waals surface area (Å²) in [7, 11) is 1.52. The molecule has 6 heteroatoms. The molecule has 2 bridgehead atoms. The lowest BCUT2D eigenvalue weighted by Crippen LogP contribution is -2.64. The highest BCUT2D eigenvalue weighted by Crippen LogP contribution is 2.59. The second-order valence-electron chi connectivity index (χ2n) is 6.18. The molecule has 1 aliphatic heterocycles. The number of benzene rings is 2. The zero-order chi connectivity index (χ0) is 17.1. The molecular formula is C18H16N2O4. The minimum atomic E-state index is -1.64. The van der Waals surface area contributed by atoms with Crippen LogP contribution in [0.3, 0.4) is 0 Å². The number of hydrogen-bond donors (Lipinski definition) is 3. The van der Waals surface area contributed by atoms with Gasteiger partial charge in [0.15, 0.2) is 11.1 Å². The Hall–Kier alpha value is -2.86. The fourth-order valence-electron chi connectivity index (χ4n) is 3.69. The Kier molecular flexibility index (Phi) is 2.81. The highest BCUT2D eigenvalue weighted by molar-refractivity contribution is 6.09. The van der Waals surface area contributed by atoms with Crippen LogP contribution in [0.25, 0.3) is 11.1 Å². The smallest absolute Gasteiger partial charge is 0.322 e. The van der Waals surface area contributed by atoms with E-state index in [1.54, 1.807) is 6.07 Å². The van der Waals surface area contributed by atoms with Crippen LogP contribution in [-0.2, 0) is 10.4 Å². The van der Waals surface area contributed by atoms with E-state index >= 15 is 0 Å². The maximum atomic E-state index is 12.4. The number of nitrogens with one attached hydrogen (secondary N) is 2. The van der Waals surface area contributed by atoms with Gasteiger partial charge in [0, 0.05) is 11.1 Å². The summed E-state index contributed by atoms with van der Waals surface area (Å²) in [6, 6.07) is 12.5. The summed E-state index contributed by atoms with van der Waals surface area (Å²) >= 11 is 0. The Morgan fingerprint density at radius 2 is 1.79 bits per heavy atom. The second-order valence-corrected chi connectivity index (χ2v) is 6.18. The SMILES string of the molecule is COc1c2ccc(-c3ccccc3)c1C2(O)C1(C)NC(=O)NC1=O. The number of amides is 3. The fraction of sp³-hybridized carbons (Fsp3) is 0.222. The van der Waals surface area contributed by atoms with Gasteiger partial charge in [-0.1, -0.05) is 42.5 Å². The number of hydrogen-bond acceptors (Lipinski definition) is 4. The van der Waals surface area contributed by atoms with Gasteiger partial charge >= 0.3 is 6.03 Å². The summed E-state index contributed by atoms with van der Waals surface area (Å²) in [6.45, 7) is 1.52. The van der Waals surface area contributed by atoms with Crippen molar-refractivity contribution in [3.63, 3.8) is 0 Å². The summed E-state index contributed by atoms with van der Waals surface area (Å²) in [5.74, 6) is -0.0307. The molecule has 6 nitrogen and oxygen atoms in total. The number of rotatable bonds is 3. The molecule has 0 spiro atoms. The van der Waals surface area contributed by atoms with Crippen LogP contribution in [0.5, 0.6) is 5.75 Å². The van der Waals surface area contributed by atoms with Crippen molar-refractivity contribution in [2.45, 2.75) is 18.1 Å². The largest absolute Gasteiger partial charge is 0.496 e. The van der Waals surface area contributed by atoms with Crippen molar-refractivity contribution in [3.05, 3.63) is 53.6 Å². The zero-order valence-corrected chi connectivity index (χ0v) is 13.2. The predicted octanol–water partition coefficient (Wildman–Crippen LogP) is 1.51. The van der Waals surface area contributed by atoms with Crippen LogP contribution in [0.1, 0.15) is 18.1 Å². The van der Waals surface area contributed by atoms with E-state index in [1.165, 1.54) is 14.0 Å². The van der Waals surface area contributed by atoms with E-state index in [9.17, 15) is 14.7 Å². The van der Waals surface area contributed by atoms with Crippen LogP contribution in [0.2, 0.25) is 0 Å². The Balaban J connectivity index is 1.94. The first-order chi connectivity index (χ1) is 11.4. The van der Waals surface area contributed by atoms with Crippen LogP contribution >= 0.6 is 0 Å². The molecule has 122 valence electrons. The molecule has 2 aromatic carbocycles. The Morgan fingerprint density at radius 3 is 2.38 bits per heavy atom. The predicted molar refractivity (Wildman–Crippen MR) is 86.5 cm³/mol. The van der Waals surface area contributed by atoms with Gasteiger partial charge in [-0.25, -0.2) is 4.79 Å². The standard InChI is InChI=1S/C18H16N2O4/c1-17(15(21)19-16(22)20-17)18(23)12-9-8-11(13(18)14(12)24-2)10-6-4-3-5-7-10/h3-9,23H,1-2H3,(H2,19,20,21,22). The van der Waals surface area contributed by atoms with Gasteiger partial charge in [-0.15, -0.1) is 0 Å². The van der Waals surface area contributed by atoms with Crippen molar-refractivity contribution in [3.8, 4) is 16.9 Å². The van der Waals surface area contributed by atoms with Crippen molar-refractivity contribution >= 4 is 11.9 Å². The minimum Gasteiger partial charge on any atom is -0.496 e. The van der Waals surface area contributed by atoms with Gasteiger partial charge in [-0.2, -0.15) is 0 Å². The van der Waals surface area contributed by atoms with Gasteiger partial charge in [-0.3, -0.25) is 10.1 Å². The quantitative estimate of drug-likeness (QED) is 0.747. The molecule has 0 radical (unpaired) electrons. The molecule has 24 heavy (non-hydrogen) atoms. The van der Waals surface area contributed by atoms with Crippen molar-refractivity contribution in [2.75, 3.05) is 7.11 Å². The highest BCUT2D eigenvalue weighted by atomic mass is 16.5. The molecule has 1 saturated heterocycles. The molecule has 0 saturated carbocycles. The lowest BCUT2D eigenvalue weighted by molar-refractivity contribution is -0.133. The van der Waals surface area contributed by atoms with E-state index in [-0.39, 0.29) is 0 Å². The molecule has 1 heterocycles. The number of urea groups is 1. The normalized spacial score (nSPS) is 27.3. The third-order valence-corrected chi connectivity index (χ3v) is 4.97. The first kappa shape index (κ1) is 14.7. The van der Waals surface area contributed by atoms with E-state index in [0.29, 0.717) is 16.9 Å². The molecule has 3 amide bonds. The first-order valence-corrected chi connectivity index (χ1v) is 7.57. The van der Waals surface area contributed by atoms with Gasteiger partial charge in [-0.05, 0) is 18.1 Å². The molecule has 2 aromatic rings. The first-order valence-electron chi connectivity index (χ1n) is 7.57. The van der Waals surface area contributed by atoms with Crippen molar-refractivity contribution in [1.29, 1.82) is 0 Å². The molecule has 1 aliphatic carbocycles. The lowest BCUT2D eigenvalue weighted by atomic mass is 9.61. The van der Waals surface area contributed by atoms with Crippen LogP contribution in [0, 0.1) is 0 Å². The van der Waals surface area contributed by atoms with Crippen molar-refractivity contribution in [1.82, 2.24) is 10.6 Å². The molecular weight excluding hydrogens is 308 g/mol. The average Bonchev–Trinajstić information content (AvgIpc) is 2.87. The van der Waals surface area contributed by atoms with Gasteiger partial charge in [0.05, 0.1) is 7.11 Å². The second kappa shape index (κ2) is 4.58. The number of carbonyl (C=O) groups excluding carboxylic acids is 2. The van der Waals surface area contributed by atoms with Gasteiger partial charge < -0.3 is 15.2 Å². The third-order valence-electron chi connectivity index (χ3n) is 4.97. The average molecular weight is 324 g/mol. The number of fused-ring (bicyclic) bond motifs is 2. The summed E-state index contributed by atoms with van der Waals surface area (Å²) in [5.41, 5.74) is -0.493. The van der Waals surface area contributed by atoms with E-state index in [1.807, 2.05) is 36.4 Å². The summed E-state index contributed by atoms with van der Waals surface area (Å²) < 4.78 is 5.43. The molecule has 1 fully saturated rings. The summed E-state index contributed by atoms with van der Waals surface area (Å²) in [4.78, 5) is 24.0. The fourth-order valence-corrected chi connectivity index (χ4v) is 3.69. The zero-order valence-electron chi connectivity index (χ0n) is 13.2. The molecule has 2 unspecified atom stereocenters. The number of aliphatic hydroxyl groups is 1. The molecule has 4 rings (SSSR count). The maximum Gasteiger partial charge on any atom is 0.322 e. The van der Waals surface area contributed by atoms with E-state index < -0.39 is 23.1 Å². The van der Waals surface area contributed by atoms with Gasteiger partial charge in [0.2, 0.25) is 0 Å². The molecule has 0 aromatic heterocycles. The number of imide groups is 1. The Bertz CT molecular complexity index is 880. The minimum absolute atomic E-state index is 0.486. The van der Waals surface area contributed by atoms with E-state index in [2.05, 4.69) is 10.6 Å². The third kappa shape index (κ3) is 1.53. The Morgan fingerprint density at radius 1 is 1.08 bits per heavy atom. The monoisotopic (exact) mass is 324 g/mol. The van der Waals surface area contributed by atoms with Crippen LogP contribution < -0.4 is 15.4 Å².